The van der Waals surface area contributed by atoms with E-state index in [1.54, 1.807) is 24.3 Å². The van der Waals surface area contributed by atoms with Crippen LogP contribution in [0.25, 0.3) is 21.5 Å². The molecule has 28 heavy (non-hydrogen) atoms. The number of hydrogen-bond donors (Lipinski definition) is 0. The van der Waals surface area contributed by atoms with E-state index < -0.39 is 4.92 Å². The van der Waals surface area contributed by atoms with E-state index in [9.17, 15) is 14.9 Å². The van der Waals surface area contributed by atoms with E-state index in [0.717, 1.165) is 16.0 Å². The van der Waals surface area contributed by atoms with Crippen LogP contribution in [0.15, 0.2) is 63.1 Å². The third-order valence-electron chi connectivity index (χ3n) is 4.11. The second-order valence-electron chi connectivity index (χ2n) is 5.93. The molecule has 0 amide bonds. The largest absolute Gasteiger partial charge is 0.455 e. The summed E-state index contributed by atoms with van der Waals surface area (Å²) in [5, 5.41) is 15.6. The molecule has 4 rings (SSSR count). The van der Waals surface area contributed by atoms with Gasteiger partial charge in [0.1, 0.15) is 22.7 Å². The van der Waals surface area contributed by atoms with Gasteiger partial charge in [-0.05, 0) is 24.6 Å². The summed E-state index contributed by atoms with van der Waals surface area (Å²) in [6.45, 7) is 2.03. The normalized spacial score (nSPS) is 11.5. The standard InChI is InChI=1S/C19H14N4O4S/c1-2-15-9-16-18(28-15)20-11-22(19(16)24)21-10-14-6-7-17(27-14)12-4-3-5-13(8-12)23(25)26/h3-11H,2H2,1H3/b21-10-. The molecule has 140 valence electrons. The number of aryl methyl sites for hydroxylation is 1. The van der Waals surface area contributed by atoms with Crippen molar-refractivity contribution in [3.05, 3.63) is 79.9 Å². The number of nitrogens with zero attached hydrogens (tertiary/aromatic N) is 4. The van der Waals surface area contributed by atoms with Gasteiger partial charge in [-0.25, -0.2) is 4.98 Å². The van der Waals surface area contributed by atoms with E-state index >= 15 is 0 Å². The fraction of sp³-hybridized carbons (Fsp3) is 0.105. The molecule has 0 atom stereocenters. The number of nitro benzene ring substituents is 1. The van der Waals surface area contributed by atoms with E-state index in [2.05, 4.69) is 10.1 Å². The Kier molecular flexibility index (Phi) is 4.58. The van der Waals surface area contributed by atoms with Gasteiger partial charge in [-0.3, -0.25) is 14.9 Å². The first-order chi connectivity index (χ1) is 13.5. The molecule has 1 aromatic carbocycles. The van der Waals surface area contributed by atoms with Crippen LogP contribution in [-0.2, 0) is 6.42 Å². The summed E-state index contributed by atoms with van der Waals surface area (Å²) in [4.78, 5) is 29.0. The summed E-state index contributed by atoms with van der Waals surface area (Å²) in [7, 11) is 0. The Balaban J connectivity index is 1.62. The molecular formula is C19H14N4O4S. The van der Waals surface area contributed by atoms with Crippen LogP contribution >= 0.6 is 11.3 Å². The number of aromatic nitrogens is 2. The van der Waals surface area contributed by atoms with Crippen LogP contribution in [0.5, 0.6) is 0 Å². The number of hydrogen-bond acceptors (Lipinski definition) is 7. The van der Waals surface area contributed by atoms with Gasteiger partial charge in [0.05, 0.1) is 16.5 Å². The smallest absolute Gasteiger partial charge is 0.282 e. The van der Waals surface area contributed by atoms with Gasteiger partial charge in [0.25, 0.3) is 11.2 Å². The van der Waals surface area contributed by atoms with E-state index in [-0.39, 0.29) is 11.2 Å². The Labute approximate surface area is 162 Å². The highest BCUT2D eigenvalue weighted by atomic mass is 32.1. The molecule has 4 aromatic rings. The molecule has 0 fully saturated rings. The SMILES string of the molecule is CCc1cc2c(=O)n(/N=C\c3ccc(-c4cccc([N+](=O)[O-])c4)o3)cnc2s1. The van der Waals surface area contributed by atoms with Crippen molar-refractivity contribution in [2.24, 2.45) is 5.10 Å². The number of benzene rings is 1. The van der Waals surface area contributed by atoms with Gasteiger partial charge in [0, 0.05) is 22.6 Å². The van der Waals surface area contributed by atoms with Gasteiger partial charge < -0.3 is 4.42 Å². The van der Waals surface area contributed by atoms with Crippen LogP contribution in [0.1, 0.15) is 17.6 Å². The van der Waals surface area contributed by atoms with Gasteiger partial charge in [-0.15, -0.1) is 11.3 Å². The lowest BCUT2D eigenvalue weighted by Gasteiger charge is -1.97. The molecule has 0 bridgehead atoms. The third kappa shape index (κ3) is 3.35. The lowest BCUT2D eigenvalue weighted by Crippen LogP contribution is -2.16. The summed E-state index contributed by atoms with van der Waals surface area (Å²) < 4.78 is 6.83. The zero-order valence-corrected chi connectivity index (χ0v) is 15.5. The highest BCUT2D eigenvalue weighted by molar-refractivity contribution is 7.18. The molecule has 3 heterocycles. The second-order valence-corrected chi connectivity index (χ2v) is 7.05. The predicted octanol–water partition coefficient (Wildman–Crippen LogP) is 4.07. The quantitative estimate of drug-likeness (QED) is 0.288. The van der Waals surface area contributed by atoms with Crippen LogP contribution in [0.2, 0.25) is 0 Å². The highest BCUT2D eigenvalue weighted by Crippen LogP contribution is 2.25. The maximum Gasteiger partial charge on any atom is 0.282 e. The molecule has 0 aliphatic heterocycles. The summed E-state index contributed by atoms with van der Waals surface area (Å²) in [5.74, 6) is 0.879. The monoisotopic (exact) mass is 394 g/mol. The number of non-ortho nitro benzene ring substituents is 1. The molecule has 9 heteroatoms. The van der Waals surface area contributed by atoms with Crippen molar-refractivity contribution < 1.29 is 9.34 Å². The Morgan fingerprint density at radius 2 is 2.18 bits per heavy atom. The summed E-state index contributed by atoms with van der Waals surface area (Å²) in [6.07, 6.45) is 3.63. The average molecular weight is 394 g/mol. The van der Waals surface area contributed by atoms with Gasteiger partial charge in [0.2, 0.25) is 0 Å². The molecule has 0 unspecified atom stereocenters. The fourth-order valence-electron chi connectivity index (χ4n) is 2.69. The maximum atomic E-state index is 12.5. The Morgan fingerprint density at radius 1 is 1.32 bits per heavy atom. The molecule has 0 saturated heterocycles. The molecule has 0 saturated carbocycles. The first kappa shape index (κ1) is 17.8. The topological polar surface area (TPSA) is 104 Å². The molecule has 0 N–H and O–H groups in total. The highest BCUT2D eigenvalue weighted by Gasteiger charge is 2.10. The van der Waals surface area contributed by atoms with Gasteiger partial charge in [0.15, 0.2) is 0 Å². The van der Waals surface area contributed by atoms with E-state index in [1.165, 1.54) is 36.0 Å². The zero-order valence-electron chi connectivity index (χ0n) is 14.7. The number of nitro groups is 1. The number of thiophene rings is 1. The molecule has 0 radical (unpaired) electrons. The van der Waals surface area contributed by atoms with Crippen molar-refractivity contribution in [1.82, 2.24) is 9.66 Å². The minimum absolute atomic E-state index is 0.0164. The van der Waals surface area contributed by atoms with Gasteiger partial charge in [-0.2, -0.15) is 9.78 Å². The number of fused-ring (bicyclic) bond motifs is 1. The number of rotatable bonds is 5. The third-order valence-corrected chi connectivity index (χ3v) is 5.30. The van der Waals surface area contributed by atoms with Crippen molar-refractivity contribution in [3.8, 4) is 11.3 Å². The van der Waals surface area contributed by atoms with Crippen molar-refractivity contribution in [1.29, 1.82) is 0 Å². The molecule has 3 aromatic heterocycles. The Hall–Kier alpha value is -3.59. The van der Waals surface area contributed by atoms with Gasteiger partial charge >= 0.3 is 0 Å². The molecular weight excluding hydrogens is 380 g/mol. The summed E-state index contributed by atoms with van der Waals surface area (Å²) >= 11 is 1.50. The lowest BCUT2D eigenvalue weighted by atomic mass is 10.1. The minimum atomic E-state index is -0.460. The van der Waals surface area contributed by atoms with Crippen molar-refractivity contribution in [3.63, 3.8) is 0 Å². The van der Waals surface area contributed by atoms with Crippen molar-refractivity contribution >= 4 is 33.5 Å². The van der Waals surface area contributed by atoms with Crippen LogP contribution in [0.3, 0.4) is 0 Å². The maximum absolute atomic E-state index is 12.5. The van der Waals surface area contributed by atoms with Crippen LogP contribution in [0.4, 0.5) is 5.69 Å². The van der Waals surface area contributed by atoms with E-state index in [1.807, 2.05) is 13.0 Å². The van der Waals surface area contributed by atoms with Crippen molar-refractivity contribution in [2.45, 2.75) is 13.3 Å². The van der Waals surface area contributed by atoms with Crippen LogP contribution in [0, 0.1) is 10.1 Å². The van der Waals surface area contributed by atoms with Crippen LogP contribution < -0.4 is 5.56 Å². The Morgan fingerprint density at radius 3 is 2.96 bits per heavy atom. The van der Waals surface area contributed by atoms with Crippen LogP contribution in [-0.4, -0.2) is 20.8 Å². The molecule has 0 aliphatic carbocycles. The fourth-order valence-corrected chi connectivity index (χ4v) is 3.61. The summed E-state index contributed by atoms with van der Waals surface area (Å²) in [5.41, 5.74) is 0.319. The molecule has 0 aliphatic rings. The average Bonchev–Trinajstić information content (AvgIpc) is 3.35. The number of furan rings is 1. The van der Waals surface area contributed by atoms with Crippen molar-refractivity contribution in [2.75, 3.05) is 0 Å². The van der Waals surface area contributed by atoms with E-state index in [0.29, 0.717) is 27.3 Å². The first-order valence-electron chi connectivity index (χ1n) is 8.44. The van der Waals surface area contributed by atoms with E-state index in [4.69, 9.17) is 4.42 Å². The first-order valence-corrected chi connectivity index (χ1v) is 9.26. The summed E-state index contributed by atoms with van der Waals surface area (Å²) in [6, 6.07) is 11.4. The zero-order chi connectivity index (χ0) is 19.7. The predicted molar refractivity (Wildman–Crippen MR) is 107 cm³/mol. The Bertz CT molecular complexity index is 1270. The molecule has 0 spiro atoms. The lowest BCUT2D eigenvalue weighted by molar-refractivity contribution is -0.384. The minimum Gasteiger partial charge on any atom is -0.455 e. The van der Waals surface area contributed by atoms with Gasteiger partial charge in [-0.1, -0.05) is 19.1 Å². The molecule has 8 nitrogen and oxygen atoms in total. The second kappa shape index (κ2) is 7.20.